The quantitative estimate of drug-likeness (QED) is 0.836. The van der Waals surface area contributed by atoms with E-state index in [0.29, 0.717) is 6.54 Å². The zero-order valence-corrected chi connectivity index (χ0v) is 14.4. The van der Waals surface area contributed by atoms with Gasteiger partial charge in [0.25, 0.3) is 0 Å². The summed E-state index contributed by atoms with van der Waals surface area (Å²) in [6.45, 7) is 2.77. The molecule has 0 aliphatic carbocycles. The molecule has 0 unspecified atom stereocenters. The summed E-state index contributed by atoms with van der Waals surface area (Å²) in [5.41, 5.74) is 1.13. The summed E-state index contributed by atoms with van der Waals surface area (Å²) in [6, 6.07) is 7.78. The Hall–Kier alpha value is -1.21. The number of rotatable bonds is 4. The molecule has 7 heteroatoms. The first kappa shape index (κ1) is 15.7. The van der Waals surface area contributed by atoms with Crippen LogP contribution in [0, 0.1) is 0 Å². The summed E-state index contributed by atoms with van der Waals surface area (Å²) < 4.78 is 28.9. The Bertz CT molecular complexity index is 671. The van der Waals surface area contributed by atoms with E-state index in [0.717, 1.165) is 22.2 Å². The molecular formula is C15H20N2O3S2. The topological polar surface area (TPSA) is 59.0 Å². The molecule has 0 radical (unpaired) electrons. The Morgan fingerprint density at radius 1 is 1.32 bits per heavy atom. The monoisotopic (exact) mass is 340 g/mol. The molecule has 0 bridgehead atoms. The highest BCUT2D eigenvalue weighted by atomic mass is 32.2. The molecule has 0 amide bonds. The van der Waals surface area contributed by atoms with E-state index in [4.69, 9.17) is 4.74 Å². The Kier molecular flexibility index (Phi) is 4.36. The summed E-state index contributed by atoms with van der Waals surface area (Å²) in [5, 5.41) is 0.975. The van der Waals surface area contributed by atoms with Crippen molar-refractivity contribution in [3.05, 3.63) is 29.8 Å². The van der Waals surface area contributed by atoms with Crippen LogP contribution in [0.1, 0.15) is 12.5 Å². The second-order valence-electron chi connectivity index (χ2n) is 5.53. The molecule has 1 fully saturated rings. The summed E-state index contributed by atoms with van der Waals surface area (Å²) in [6.07, 6.45) is 0. The van der Waals surface area contributed by atoms with Crippen LogP contribution >= 0.6 is 11.8 Å². The van der Waals surface area contributed by atoms with Crippen LogP contribution in [-0.4, -0.2) is 54.9 Å². The number of amidine groups is 1. The summed E-state index contributed by atoms with van der Waals surface area (Å²) in [5.74, 6) is 2.16. The number of sulfone groups is 1. The lowest BCUT2D eigenvalue weighted by molar-refractivity contribution is 0.342. The lowest BCUT2D eigenvalue weighted by Gasteiger charge is -2.26. The highest BCUT2D eigenvalue weighted by Gasteiger charge is 2.46. The second kappa shape index (κ2) is 6.12. The van der Waals surface area contributed by atoms with Crippen molar-refractivity contribution >= 4 is 26.8 Å². The minimum Gasteiger partial charge on any atom is -0.497 e. The van der Waals surface area contributed by atoms with Crippen LogP contribution < -0.4 is 4.74 Å². The fourth-order valence-electron chi connectivity index (χ4n) is 2.95. The molecule has 0 aromatic heterocycles. The van der Waals surface area contributed by atoms with E-state index in [1.807, 2.05) is 24.3 Å². The third-order valence-electron chi connectivity index (χ3n) is 4.00. The van der Waals surface area contributed by atoms with E-state index in [2.05, 4.69) is 16.8 Å². The number of methoxy groups -OCH3 is 1. The van der Waals surface area contributed by atoms with Crippen LogP contribution in [0.4, 0.5) is 0 Å². The molecule has 2 heterocycles. The molecule has 1 aromatic rings. The standard InChI is InChI=1S/C15H20N2O3S2/c1-3-21-15-16-13-9-22(18,19)10-14(13)17(15)8-11-4-6-12(20-2)7-5-11/h4-7,13-14H,3,8-10H2,1-2H3/t13-,14-/m0/s1. The average molecular weight is 340 g/mol. The molecule has 120 valence electrons. The van der Waals surface area contributed by atoms with Crippen molar-refractivity contribution in [2.75, 3.05) is 24.4 Å². The third kappa shape index (κ3) is 3.10. The van der Waals surface area contributed by atoms with E-state index in [1.165, 1.54) is 0 Å². The minimum atomic E-state index is -2.96. The third-order valence-corrected chi connectivity index (χ3v) is 6.59. The predicted molar refractivity (Wildman–Crippen MR) is 90.3 cm³/mol. The van der Waals surface area contributed by atoms with Gasteiger partial charge in [-0.1, -0.05) is 30.8 Å². The molecule has 1 aromatic carbocycles. The van der Waals surface area contributed by atoms with E-state index in [-0.39, 0.29) is 23.6 Å². The maximum atomic E-state index is 11.9. The molecule has 0 N–H and O–H groups in total. The zero-order chi connectivity index (χ0) is 15.7. The normalized spacial score (nSPS) is 25.9. The Morgan fingerprint density at radius 2 is 2.05 bits per heavy atom. The van der Waals surface area contributed by atoms with Crippen LogP contribution in [0.3, 0.4) is 0 Å². The zero-order valence-electron chi connectivity index (χ0n) is 12.7. The van der Waals surface area contributed by atoms with Gasteiger partial charge < -0.3 is 9.64 Å². The molecule has 3 rings (SSSR count). The fourth-order valence-corrected chi connectivity index (χ4v) is 5.66. The van der Waals surface area contributed by atoms with Gasteiger partial charge in [-0.3, -0.25) is 4.99 Å². The number of benzene rings is 1. The molecule has 2 atom stereocenters. The molecule has 5 nitrogen and oxygen atoms in total. The van der Waals surface area contributed by atoms with E-state index in [1.54, 1.807) is 18.9 Å². The van der Waals surface area contributed by atoms with Crippen molar-refractivity contribution in [3.8, 4) is 5.75 Å². The smallest absolute Gasteiger partial charge is 0.160 e. The lowest BCUT2D eigenvalue weighted by atomic mass is 10.1. The van der Waals surface area contributed by atoms with Crippen molar-refractivity contribution in [1.29, 1.82) is 0 Å². The molecule has 22 heavy (non-hydrogen) atoms. The highest BCUT2D eigenvalue weighted by Crippen LogP contribution is 2.32. The Balaban J connectivity index is 1.81. The summed E-state index contributed by atoms with van der Waals surface area (Å²) >= 11 is 1.69. The van der Waals surface area contributed by atoms with Crippen molar-refractivity contribution in [2.24, 2.45) is 4.99 Å². The molecule has 0 saturated carbocycles. The predicted octanol–water partition coefficient (Wildman–Crippen LogP) is 1.79. The van der Waals surface area contributed by atoms with Crippen LogP contribution in [0.5, 0.6) is 5.75 Å². The summed E-state index contributed by atoms with van der Waals surface area (Å²) in [4.78, 5) is 6.81. The van der Waals surface area contributed by atoms with E-state index in [9.17, 15) is 8.42 Å². The van der Waals surface area contributed by atoms with Crippen LogP contribution in [-0.2, 0) is 16.4 Å². The average Bonchev–Trinajstić information content (AvgIpc) is 2.94. The molecular weight excluding hydrogens is 320 g/mol. The number of nitrogens with zero attached hydrogens (tertiary/aromatic N) is 2. The van der Waals surface area contributed by atoms with Gasteiger partial charge in [0, 0.05) is 6.54 Å². The van der Waals surface area contributed by atoms with Crippen LogP contribution in [0.15, 0.2) is 29.3 Å². The summed E-state index contributed by atoms with van der Waals surface area (Å²) in [7, 11) is -1.31. The van der Waals surface area contributed by atoms with Gasteiger partial charge in [-0.25, -0.2) is 8.42 Å². The number of hydrogen-bond donors (Lipinski definition) is 0. The molecule has 0 spiro atoms. The van der Waals surface area contributed by atoms with E-state index < -0.39 is 9.84 Å². The lowest BCUT2D eigenvalue weighted by Crippen LogP contribution is -2.38. The first-order valence-corrected chi connectivity index (χ1v) is 10.1. The van der Waals surface area contributed by atoms with Crippen molar-refractivity contribution < 1.29 is 13.2 Å². The second-order valence-corrected chi connectivity index (χ2v) is 8.92. The number of hydrogen-bond acceptors (Lipinski definition) is 6. The van der Waals surface area contributed by atoms with Gasteiger partial charge in [0.05, 0.1) is 30.7 Å². The Morgan fingerprint density at radius 3 is 2.68 bits per heavy atom. The SMILES string of the molecule is CCSC1=N[C@H]2CS(=O)(=O)C[C@@H]2N1Cc1ccc(OC)cc1. The fraction of sp³-hybridized carbons (Fsp3) is 0.533. The molecule has 2 aliphatic heterocycles. The van der Waals surface area contributed by atoms with Gasteiger partial charge in [-0.05, 0) is 23.4 Å². The van der Waals surface area contributed by atoms with Gasteiger partial charge in [0.2, 0.25) is 0 Å². The Labute approximate surface area is 135 Å². The number of thioether (sulfide) groups is 1. The van der Waals surface area contributed by atoms with Gasteiger partial charge in [0.1, 0.15) is 5.75 Å². The number of aliphatic imine (C=N–C) groups is 1. The minimum absolute atomic E-state index is 0.0128. The van der Waals surface area contributed by atoms with Crippen LogP contribution in [0.25, 0.3) is 0 Å². The highest BCUT2D eigenvalue weighted by molar-refractivity contribution is 8.13. The number of ether oxygens (including phenoxy) is 1. The van der Waals surface area contributed by atoms with Gasteiger partial charge in [-0.15, -0.1) is 0 Å². The van der Waals surface area contributed by atoms with Crippen molar-refractivity contribution in [2.45, 2.75) is 25.6 Å². The molecule has 2 aliphatic rings. The van der Waals surface area contributed by atoms with Gasteiger partial charge >= 0.3 is 0 Å². The van der Waals surface area contributed by atoms with Gasteiger partial charge in [0.15, 0.2) is 15.0 Å². The number of fused-ring (bicyclic) bond motifs is 1. The van der Waals surface area contributed by atoms with Crippen LogP contribution in [0.2, 0.25) is 0 Å². The largest absolute Gasteiger partial charge is 0.497 e. The van der Waals surface area contributed by atoms with Gasteiger partial charge in [-0.2, -0.15) is 0 Å². The van der Waals surface area contributed by atoms with Crippen molar-refractivity contribution in [3.63, 3.8) is 0 Å². The molecule has 1 saturated heterocycles. The first-order chi connectivity index (χ1) is 10.5. The van der Waals surface area contributed by atoms with E-state index >= 15 is 0 Å². The maximum absolute atomic E-state index is 11.9. The maximum Gasteiger partial charge on any atom is 0.160 e. The first-order valence-electron chi connectivity index (χ1n) is 7.33. The van der Waals surface area contributed by atoms with Crippen molar-refractivity contribution in [1.82, 2.24) is 4.90 Å².